The average Bonchev–Trinajstić information content (AvgIpc) is 3.19. The molecule has 4 fully saturated rings. The molecule has 5 rings (SSSR count). The first-order valence-electron chi connectivity index (χ1n) is 12.6. The van der Waals surface area contributed by atoms with Gasteiger partial charge in [0.1, 0.15) is 28.9 Å². The van der Waals surface area contributed by atoms with Gasteiger partial charge in [-0.15, -0.1) is 11.8 Å². The summed E-state index contributed by atoms with van der Waals surface area (Å²) in [6.07, 6.45) is 0.336. The molecule has 0 unspecified atom stereocenters. The Morgan fingerprint density at radius 2 is 1.65 bits per heavy atom. The van der Waals surface area contributed by atoms with Gasteiger partial charge in [0.25, 0.3) is 0 Å². The van der Waals surface area contributed by atoms with E-state index in [0.717, 1.165) is 4.90 Å². The number of β-lactam (4-membered cyclic amide) rings is 2. The van der Waals surface area contributed by atoms with E-state index < -0.39 is 79.4 Å². The van der Waals surface area contributed by atoms with E-state index in [4.69, 9.17) is 15.2 Å². The molecule has 0 aromatic heterocycles. The zero-order chi connectivity index (χ0) is 29.4. The third-order valence-electron chi connectivity index (χ3n) is 7.98. The maximum absolute atomic E-state index is 13.4. The summed E-state index contributed by atoms with van der Waals surface area (Å²) in [6, 6.07) is 3.40. The van der Waals surface area contributed by atoms with Crippen LogP contribution in [0, 0.1) is 0 Å². The lowest BCUT2D eigenvalue weighted by atomic mass is 9.95. The zero-order valence-corrected chi connectivity index (χ0v) is 23.9. The Bertz CT molecular complexity index is 1400. The lowest BCUT2D eigenvalue weighted by molar-refractivity contribution is -0.181. The number of nitrogens with two attached hydrogens (primary N) is 1. The smallest absolute Gasteiger partial charge is 0.333 e. The topological polar surface area (TPSA) is 182 Å². The minimum Gasteiger partial charge on any atom is -0.426 e. The molecule has 0 bridgehead atoms. The number of hydrogen-bond donors (Lipinski definition) is 2. The molecule has 4 aliphatic heterocycles. The number of benzene rings is 1. The van der Waals surface area contributed by atoms with Gasteiger partial charge >= 0.3 is 11.9 Å². The molecule has 0 spiro atoms. The minimum atomic E-state index is -4.17. The Morgan fingerprint density at radius 3 is 2.25 bits per heavy atom. The van der Waals surface area contributed by atoms with Gasteiger partial charge in [0.2, 0.25) is 24.5 Å². The number of carbonyl (C=O) groups is 5. The SMILES string of the molecule is CC1(C)S[C@@H]2CC(=O)N2[C@@H]1C(=O)OCOC(=O)[C@@H]1N2C(=O)[C@H](NC(=O)[C@H](N)c3ccccc3)[C@H]2S(=O)(=O)C1(C)C. The number of rotatable bonds is 7. The Kier molecular flexibility index (Phi) is 6.70. The summed E-state index contributed by atoms with van der Waals surface area (Å²) >= 11 is 1.48. The minimum absolute atomic E-state index is 0.114. The predicted octanol–water partition coefficient (Wildman–Crippen LogP) is -0.589. The van der Waals surface area contributed by atoms with E-state index in [2.05, 4.69) is 5.32 Å². The van der Waals surface area contributed by atoms with E-state index in [1.807, 2.05) is 13.8 Å². The van der Waals surface area contributed by atoms with Crippen LogP contribution >= 0.6 is 11.8 Å². The van der Waals surface area contributed by atoms with Gasteiger partial charge in [0.05, 0.1) is 11.8 Å². The van der Waals surface area contributed by atoms with Crippen molar-refractivity contribution >= 4 is 51.3 Å². The third-order valence-corrected chi connectivity index (χ3v) is 12.3. The third kappa shape index (κ3) is 4.08. The van der Waals surface area contributed by atoms with Gasteiger partial charge in [-0.25, -0.2) is 18.0 Å². The van der Waals surface area contributed by atoms with E-state index in [0.29, 0.717) is 12.0 Å². The van der Waals surface area contributed by atoms with Crippen molar-refractivity contribution in [1.29, 1.82) is 0 Å². The number of carbonyl (C=O) groups excluding carboxylic acids is 5. The van der Waals surface area contributed by atoms with Crippen molar-refractivity contribution < 1.29 is 41.9 Å². The molecule has 4 aliphatic rings. The second-order valence-electron chi connectivity index (χ2n) is 11.2. The number of hydrogen-bond acceptors (Lipinski definition) is 11. The van der Waals surface area contributed by atoms with Crippen LogP contribution in [0.15, 0.2) is 30.3 Å². The number of thioether (sulfide) groups is 1. The Labute approximate surface area is 235 Å². The Balaban J connectivity index is 1.24. The molecule has 6 atom stereocenters. The lowest BCUT2D eigenvalue weighted by Crippen LogP contribution is -2.72. The molecule has 40 heavy (non-hydrogen) atoms. The van der Waals surface area contributed by atoms with Gasteiger partial charge in [0, 0.05) is 4.75 Å². The molecule has 4 heterocycles. The summed E-state index contributed by atoms with van der Waals surface area (Å²) in [7, 11) is -4.17. The predicted molar refractivity (Wildman–Crippen MR) is 140 cm³/mol. The second kappa shape index (κ2) is 9.45. The van der Waals surface area contributed by atoms with Crippen LogP contribution in [0.5, 0.6) is 0 Å². The monoisotopic (exact) mass is 594 g/mol. The normalized spacial score (nSPS) is 31.3. The average molecular weight is 595 g/mol. The van der Waals surface area contributed by atoms with Crippen molar-refractivity contribution in [2.75, 3.05) is 6.79 Å². The molecule has 1 aromatic carbocycles. The molecule has 3 amide bonds. The summed E-state index contributed by atoms with van der Waals surface area (Å²) < 4.78 is 34.7. The maximum Gasteiger partial charge on any atom is 0.333 e. The molecule has 13 nitrogen and oxygen atoms in total. The molecule has 0 aliphatic carbocycles. The standard InChI is InChI=1S/C25H30N4O9S2/c1-24(2)17(28-13(30)10-14(28)39-24)22(33)37-11-38-23(34)18-25(3,4)40(35,36)21-16(20(32)29(18)21)27-19(31)15(26)12-8-6-5-7-9-12/h5-9,14-18,21H,10-11,26H2,1-4H3,(H,27,31)/t14-,15-,16+,17-,18+,21-/m1/s1. The molecule has 216 valence electrons. The molecular weight excluding hydrogens is 564 g/mol. The van der Waals surface area contributed by atoms with E-state index in [1.165, 1.54) is 30.5 Å². The lowest BCUT2D eigenvalue weighted by Gasteiger charge is -2.43. The molecule has 15 heteroatoms. The number of nitrogens with one attached hydrogen (secondary N) is 1. The number of ether oxygens (including phenoxy) is 2. The highest BCUT2D eigenvalue weighted by Gasteiger charge is 2.73. The first-order valence-corrected chi connectivity index (χ1v) is 15.0. The van der Waals surface area contributed by atoms with E-state index in [9.17, 15) is 32.4 Å². The van der Waals surface area contributed by atoms with Crippen LogP contribution in [-0.4, -0.2) is 93.0 Å². The molecule has 0 radical (unpaired) electrons. The number of amides is 3. The highest BCUT2D eigenvalue weighted by molar-refractivity contribution is 8.01. The molecular formula is C25H30N4O9S2. The first-order chi connectivity index (χ1) is 18.6. The van der Waals surface area contributed by atoms with Gasteiger partial charge in [-0.2, -0.15) is 0 Å². The Hall–Kier alpha value is -3.17. The van der Waals surface area contributed by atoms with Crippen molar-refractivity contribution in [3.8, 4) is 0 Å². The van der Waals surface area contributed by atoms with Crippen molar-refractivity contribution in [1.82, 2.24) is 15.1 Å². The summed E-state index contributed by atoms with van der Waals surface area (Å²) in [5.41, 5.74) is 6.46. The van der Waals surface area contributed by atoms with Gasteiger partial charge in [-0.1, -0.05) is 30.3 Å². The number of esters is 2. The molecule has 4 saturated heterocycles. The highest BCUT2D eigenvalue weighted by atomic mass is 32.2. The van der Waals surface area contributed by atoms with Gasteiger partial charge < -0.3 is 30.3 Å². The summed E-state index contributed by atoms with van der Waals surface area (Å²) in [6.45, 7) is 5.37. The van der Waals surface area contributed by atoms with Crippen LogP contribution in [0.4, 0.5) is 0 Å². The summed E-state index contributed by atoms with van der Waals surface area (Å²) in [5.74, 6) is -3.53. The number of sulfone groups is 1. The zero-order valence-electron chi connectivity index (χ0n) is 22.2. The van der Waals surface area contributed by atoms with Crippen molar-refractivity contribution in [2.24, 2.45) is 5.73 Å². The Morgan fingerprint density at radius 1 is 1.05 bits per heavy atom. The first kappa shape index (κ1) is 28.4. The second-order valence-corrected chi connectivity index (χ2v) is 15.6. The molecule has 1 aromatic rings. The summed E-state index contributed by atoms with van der Waals surface area (Å²) in [5, 5.41) is 0.806. The number of fused-ring (bicyclic) bond motifs is 2. The fourth-order valence-electron chi connectivity index (χ4n) is 5.74. The number of nitrogens with zero attached hydrogens (tertiary/aromatic N) is 2. The van der Waals surface area contributed by atoms with Crippen molar-refractivity contribution in [3.05, 3.63) is 35.9 Å². The highest BCUT2D eigenvalue weighted by Crippen LogP contribution is 2.51. The fraction of sp³-hybridized carbons (Fsp3) is 0.560. The fourth-order valence-corrected chi connectivity index (χ4v) is 9.57. The summed E-state index contributed by atoms with van der Waals surface area (Å²) in [4.78, 5) is 65.9. The van der Waals surface area contributed by atoms with Crippen molar-refractivity contribution in [2.45, 2.75) is 78.5 Å². The largest absolute Gasteiger partial charge is 0.426 e. The van der Waals surface area contributed by atoms with E-state index >= 15 is 0 Å². The van der Waals surface area contributed by atoms with E-state index in [1.54, 1.807) is 30.3 Å². The van der Waals surface area contributed by atoms with E-state index in [-0.39, 0.29) is 11.3 Å². The van der Waals surface area contributed by atoms with Crippen LogP contribution in [0.1, 0.15) is 45.7 Å². The van der Waals surface area contributed by atoms with Gasteiger partial charge in [-0.05, 0) is 33.3 Å². The molecule has 3 N–H and O–H groups in total. The van der Waals surface area contributed by atoms with Crippen molar-refractivity contribution in [3.63, 3.8) is 0 Å². The van der Waals surface area contributed by atoms with Crippen LogP contribution < -0.4 is 11.1 Å². The van der Waals surface area contributed by atoms with Gasteiger partial charge in [-0.3, -0.25) is 14.4 Å². The van der Waals surface area contributed by atoms with Crippen LogP contribution in [0.3, 0.4) is 0 Å². The van der Waals surface area contributed by atoms with Crippen LogP contribution in [-0.2, 0) is 43.3 Å². The van der Waals surface area contributed by atoms with Gasteiger partial charge in [0.15, 0.2) is 15.2 Å². The van der Waals surface area contributed by atoms with Crippen LogP contribution in [0.25, 0.3) is 0 Å². The van der Waals surface area contributed by atoms with Crippen LogP contribution in [0.2, 0.25) is 0 Å². The molecule has 0 saturated carbocycles. The maximum atomic E-state index is 13.4. The quantitative estimate of drug-likeness (QED) is 0.234.